The maximum absolute atomic E-state index is 4.22. The molecule has 0 radical (unpaired) electrons. The van der Waals surface area contributed by atoms with Crippen LogP contribution >= 0.6 is 0 Å². The number of hydrogen-bond donors (Lipinski definition) is 0. The number of nitrogens with zero attached hydrogens (tertiary/aromatic N) is 2. The smallest absolute Gasteiger partial charge is 0.127 e. The summed E-state index contributed by atoms with van der Waals surface area (Å²) in [5.74, 6) is 0. The Morgan fingerprint density at radius 2 is 2.00 bits per heavy atom. The molecule has 0 fully saturated rings. The highest BCUT2D eigenvalue weighted by molar-refractivity contribution is 5.60. The molecule has 0 bridgehead atoms. The van der Waals surface area contributed by atoms with E-state index in [9.17, 15) is 0 Å². The van der Waals surface area contributed by atoms with E-state index in [1.165, 1.54) is 18.8 Å². The maximum Gasteiger partial charge on any atom is 0.127 e. The summed E-state index contributed by atoms with van der Waals surface area (Å²) >= 11 is 0. The van der Waals surface area contributed by atoms with E-state index in [4.69, 9.17) is 0 Å². The second kappa shape index (κ2) is 3.85. The number of quaternary nitrogens is 1. The average Bonchev–Trinajstić information content (AvgIpc) is 2.17. The highest BCUT2D eigenvalue weighted by Gasteiger charge is 2.28. The molecule has 2 nitrogen and oxygen atoms in total. The Hall–Kier alpha value is -0.630. The largest absolute Gasteiger partial charge is 0.289 e. The zero-order chi connectivity index (χ0) is 9.03. The van der Waals surface area contributed by atoms with Crippen molar-refractivity contribution >= 4 is 6.21 Å². The lowest BCUT2D eigenvalue weighted by atomic mass is 10.2. The third-order valence-corrected chi connectivity index (χ3v) is 2.94. The highest BCUT2D eigenvalue weighted by Crippen LogP contribution is 2.21. The first-order valence-electron chi connectivity index (χ1n) is 4.86. The molecule has 1 heterocycles. The lowest BCUT2D eigenvalue weighted by Gasteiger charge is -2.37. The van der Waals surface area contributed by atoms with Gasteiger partial charge in [-0.05, 0) is 13.8 Å². The molecule has 68 valence electrons. The molecule has 0 aliphatic carbocycles. The standard InChI is InChI=1S/C10H19N2/c1-4-10-9-11-7-8-12(10,5-2)6-3/h7,9H,4-6,8H2,1-3H3/q+1. The van der Waals surface area contributed by atoms with Crippen LogP contribution in [0.25, 0.3) is 0 Å². The van der Waals surface area contributed by atoms with Crippen molar-refractivity contribution in [2.75, 3.05) is 19.6 Å². The van der Waals surface area contributed by atoms with Crippen LogP contribution in [0.1, 0.15) is 27.2 Å². The van der Waals surface area contributed by atoms with Crippen LogP contribution in [-0.2, 0) is 0 Å². The van der Waals surface area contributed by atoms with Crippen LogP contribution < -0.4 is 0 Å². The number of allylic oxidation sites excluding steroid dienone is 1. The van der Waals surface area contributed by atoms with E-state index >= 15 is 0 Å². The third-order valence-electron chi connectivity index (χ3n) is 2.94. The van der Waals surface area contributed by atoms with Crippen molar-refractivity contribution in [2.45, 2.75) is 27.2 Å². The van der Waals surface area contributed by atoms with Crippen molar-refractivity contribution in [3.63, 3.8) is 0 Å². The summed E-state index contributed by atoms with van der Waals surface area (Å²) < 4.78 is 1.11. The molecule has 0 amide bonds. The Morgan fingerprint density at radius 1 is 1.33 bits per heavy atom. The van der Waals surface area contributed by atoms with Crippen molar-refractivity contribution in [3.8, 4) is 0 Å². The third kappa shape index (κ3) is 1.44. The summed E-state index contributed by atoms with van der Waals surface area (Å²) in [5.41, 5.74) is 1.47. The van der Waals surface area contributed by atoms with E-state index in [0.29, 0.717) is 0 Å². The normalized spacial score (nSPS) is 20.8. The summed E-state index contributed by atoms with van der Waals surface area (Å²) in [4.78, 5) is 4.22. The van der Waals surface area contributed by atoms with Gasteiger partial charge >= 0.3 is 0 Å². The summed E-state index contributed by atoms with van der Waals surface area (Å²) in [6, 6.07) is 0. The van der Waals surface area contributed by atoms with Crippen LogP contribution in [0.2, 0.25) is 0 Å². The lowest BCUT2D eigenvalue weighted by Crippen LogP contribution is -2.48. The molecular formula is C10H19N2+. The molecule has 1 rings (SSSR count). The quantitative estimate of drug-likeness (QED) is 0.571. The minimum Gasteiger partial charge on any atom is -0.289 e. The molecule has 2 heteroatoms. The van der Waals surface area contributed by atoms with Crippen LogP contribution in [0, 0.1) is 0 Å². The minimum atomic E-state index is 1.08. The molecule has 0 aromatic rings. The van der Waals surface area contributed by atoms with E-state index in [2.05, 4.69) is 25.8 Å². The van der Waals surface area contributed by atoms with Gasteiger partial charge in [0.2, 0.25) is 0 Å². The summed E-state index contributed by atoms with van der Waals surface area (Å²) in [7, 11) is 0. The topological polar surface area (TPSA) is 12.4 Å². The zero-order valence-electron chi connectivity index (χ0n) is 8.38. The average molecular weight is 167 g/mol. The second-order valence-electron chi connectivity index (χ2n) is 3.27. The predicted octanol–water partition coefficient (Wildman–Crippen LogP) is 2.18. The number of rotatable bonds is 3. The predicted molar refractivity (Wildman–Crippen MR) is 53.1 cm³/mol. The molecule has 12 heavy (non-hydrogen) atoms. The lowest BCUT2D eigenvalue weighted by molar-refractivity contribution is -0.881. The van der Waals surface area contributed by atoms with Crippen molar-refractivity contribution in [1.29, 1.82) is 0 Å². The van der Waals surface area contributed by atoms with Gasteiger partial charge in [-0.2, -0.15) is 0 Å². The molecule has 1 aliphatic heterocycles. The van der Waals surface area contributed by atoms with Gasteiger partial charge < -0.3 is 0 Å². The molecule has 0 spiro atoms. The fourth-order valence-corrected chi connectivity index (χ4v) is 1.90. The number of hydrogen-bond acceptors (Lipinski definition) is 1. The molecule has 0 aromatic heterocycles. The van der Waals surface area contributed by atoms with Crippen molar-refractivity contribution < 1.29 is 4.48 Å². The van der Waals surface area contributed by atoms with Gasteiger partial charge in [0.05, 0.1) is 25.5 Å². The molecule has 1 aliphatic rings. The van der Waals surface area contributed by atoms with Gasteiger partial charge in [-0.15, -0.1) is 0 Å². The molecule has 0 saturated carbocycles. The first-order valence-corrected chi connectivity index (χ1v) is 4.86. The molecule has 0 unspecified atom stereocenters. The molecule has 0 aromatic carbocycles. The van der Waals surface area contributed by atoms with Gasteiger partial charge in [-0.3, -0.25) is 9.48 Å². The Labute approximate surface area is 75.2 Å². The fraction of sp³-hybridized carbons (Fsp3) is 0.700. The minimum absolute atomic E-state index is 1.08. The van der Waals surface area contributed by atoms with Gasteiger partial charge in [0, 0.05) is 6.42 Å². The second-order valence-corrected chi connectivity index (χ2v) is 3.27. The first-order chi connectivity index (χ1) is 5.79. The van der Waals surface area contributed by atoms with Crippen LogP contribution in [-0.4, -0.2) is 30.3 Å². The van der Waals surface area contributed by atoms with Crippen molar-refractivity contribution in [1.82, 2.24) is 0 Å². The molecular weight excluding hydrogens is 148 g/mol. The SMILES string of the molecule is CCC1=CN=CC[N+]1(CC)CC. The van der Waals surface area contributed by atoms with Crippen molar-refractivity contribution in [2.24, 2.45) is 4.99 Å². The summed E-state index contributed by atoms with van der Waals surface area (Å²) in [6.07, 6.45) is 5.20. The summed E-state index contributed by atoms with van der Waals surface area (Å²) in [5, 5.41) is 0. The van der Waals surface area contributed by atoms with Crippen LogP contribution in [0.15, 0.2) is 16.9 Å². The monoisotopic (exact) mass is 167 g/mol. The molecule has 0 atom stereocenters. The van der Waals surface area contributed by atoms with E-state index in [0.717, 1.165) is 17.4 Å². The van der Waals surface area contributed by atoms with Gasteiger partial charge in [0.15, 0.2) is 0 Å². The van der Waals surface area contributed by atoms with Gasteiger partial charge in [-0.25, -0.2) is 0 Å². The molecule has 0 N–H and O–H groups in total. The van der Waals surface area contributed by atoms with E-state index in [1.807, 2.05) is 12.4 Å². The van der Waals surface area contributed by atoms with Crippen LogP contribution in [0.4, 0.5) is 0 Å². The van der Waals surface area contributed by atoms with E-state index < -0.39 is 0 Å². The van der Waals surface area contributed by atoms with Crippen LogP contribution in [0.5, 0.6) is 0 Å². The Balaban J connectivity index is 2.88. The van der Waals surface area contributed by atoms with Gasteiger partial charge in [-0.1, -0.05) is 6.92 Å². The zero-order valence-corrected chi connectivity index (χ0v) is 8.38. The fourth-order valence-electron chi connectivity index (χ4n) is 1.90. The van der Waals surface area contributed by atoms with E-state index in [1.54, 1.807) is 0 Å². The molecule has 0 saturated heterocycles. The highest BCUT2D eigenvalue weighted by atomic mass is 15.4. The van der Waals surface area contributed by atoms with Gasteiger partial charge in [0.25, 0.3) is 0 Å². The van der Waals surface area contributed by atoms with E-state index in [-0.39, 0.29) is 0 Å². The number of aliphatic imine (C=N–C) groups is 1. The van der Waals surface area contributed by atoms with Crippen molar-refractivity contribution in [3.05, 3.63) is 11.9 Å². The van der Waals surface area contributed by atoms with Gasteiger partial charge in [0.1, 0.15) is 12.2 Å². The summed E-state index contributed by atoms with van der Waals surface area (Å²) in [6.45, 7) is 10.2. The Bertz CT molecular complexity index is 200. The van der Waals surface area contributed by atoms with Crippen LogP contribution in [0.3, 0.4) is 0 Å². The first kappa shape index (κ1) is 9.46. The Kier molecular flexibility index (Phi) is 3.04. The maximum atomic E-state index is 4.22. The Morgan fingerprint density at radius 3 is 2.42 bits per heavy atom.